The molecule has 0 unspecified atom stereocenters. The fourth-order valence-corrected chi connectivity index (χ4v) is 4.13. The van der Waals surface area contributed by atoms with Gasteiger partial charge < -0.3 is 10.2 Å². The topological polar surface area (TPSA) is 66.5 Å². The van der Waals surface area contributed by atoms with Gasteiger partial charge in [-0.1, -0.05) is 24.3 Å². The molecule has 3 rings (SSSR count). The van der Waals surface area contributed by atoms with Crippen LogP contribution >= 0.6 is 0 Å². The van der Waals surface area contributed by atoms with Crippen molar-refractivity contribution in [2.45, 2.75) is 30.5 Å². The summed E-state index contributed by atoms with van der Waals surface area (Å²) >= 11 is 0. The average molecular weight is 380 g/mol. The molecule has 2 aromatic carbocycles. The van der Waals surface area contributed by atoms with Crippen LogP contribution in [0, 0.1) is 0 Å². The summed E-state index contributed by atoms with van der Waals surface area (Å²) in [6.07, 6.45) is 0.564. The quantitative estimate of drug-likeness (QED) is 0.885. The summed E-state index contributed by atoms with van der Waals surface area (Å²) in [4.78, 5) is 12.8. The Bertz CT molecular complexity index is 945. The second-order valence-corrected chi connectivity index (χ2v) is 7.96. The maximum atomic E-state index is 13.0. The Morgan fingerprint density at radius 2 is 1.88 bits per heavy atom. The van der Waals surface area contributed by atoms with Gasteiger partial charge in [0.1, 0.15) is 0 Å². The summed E-state index contributed by atoms with van der Waals surface area (Å²) in [5, 5.41) is 2.79. The number of fused-ring (bicyclic) bond motifs is 1. The number of nitrogens with zero attached hydrogens (tertiary/aromatic N) is 1. The molecule has 1 amide bonds. The van der Waals surface area contributed by atoms with Crippen LogP contribution in [0.25, 0.3) is 0 Å². The maximum Gasteiger partial charge on any atom is 0.341 e. The third-order valence-corrected chi connectivity index (χ3v) is 5.75. The van der Waals surface area contributed by atoms with Crippen LogP contribution in [-0.4, -0.2) is 26.6 Å². The molecule has 0 aliphatic carbocycles. The molecule has 1 heterocycles. The first kappa shape index (κ1) is 18.3. The van der Waals surface area contributed by atoms with Gasteiger partial charge in [0.15, 0.2) is 0 Å². The number of rotatable bonds is 4. The molecule has 0 atom stereocenters. The molecule has 1 aliphatic rings. The molecule has 1 N–H and O–H groups in total. The van der Waals surface area contributed by atoms with Crippen molar-refractivity contribution >= 4 is 27.1 Å². The Balaban J connectivity index is 1.97. The van der Waals surface area contributed by atoms with Crippen molar-refractivity contribution < 1.29 is 22.0 Å². The zero-order valence-corrected chi connectivity index (χ0v) is 14.9. The zero-order valence-electron chi connectivity index (χ0n) is 14.1. The van der Waals surface area contributed by atoms with Crippen LogP contribution in [0.4, 0.5) is 20.2 Å². The number of hydrogen-bond acceptors (Lipinski definition) is 4. The molecule has 0 radical (unpaired) electrons. The van der Waals surface area contributed by atoms with Crippen LogP contribution in [0.1, 0.15) is 18.1 Å². The summed E-state index contributed by atoms with van der Waals surface area (Å²) in [6, 6.07) is 11.3. The predicted octanol–water partition coefficient (Wildman–Crippen LogP) is 3.20. The zero-order chi connectivity index (χ0) is 18.9. The van der Waals surface area contributed by atoms with Gasteiger partial charge in [0.05, 0.1) is 10.6 Å². The van der Waals surface area contributed by atoms with E-state index < -0.39 is 15.6 Å². The Morgan fingerprint density at radius 1 is 1.15 bits per heavy atom. The summed E-state index contributed by atoms with van der Waals surface area (Å²) < 4.78 is 50.0. The number of para-hydroxylation sites is 1. The largest absolute Gasteiger partial charge is 0.366 e. The van der Waals surface area contributed by atoms with Crippen LogP contribution in [0.15, 0.2) is 47.4 Å². The molecule has 5 nitrogen and oxygen atoms in total. The fraction of sp³-hybridized carbons (Fsp3) is 0.278. The lowest BCUT2D eigenvalue weighted by atomic mass is 9.97. The highest BCUT2D eigenvalue weighted by atomic mass is 32.2. The summed E-state index contributed by atoms with van der Waals surface area (Å²) in [6.45, 7) is 2.26. The van der Waals surface area contributed by atoms with Gasteiger partial charge in [-0.25, -0.2) is 8.42 Å². The van der Waals surface area contributed by atoms with Gasteiger partial charge in [-0.15, -0.1) is 0 Å². The van der Waals surface area contributed by atoms with Gasteiger partial charge in [-0.3, -0.25) is 4.79 Å². The lowest BCUT2D eigenvalue weighted by molar-refractivity contribution is -0.114. The van der Waals surface area contributed by atoms with Crippen LogP contribution in [0.2, 0.25) is 0 Å². The van der Waals surface area contributed by atoms with Crippen LogP contribution in [0.3, 0.4) is 0 Å². The highest BCUT2D eigenvalue weighted by Gasteiger charge is 2.31. The fourth-order valence-electron chi connectivity index (χ4n) is 3.18. The first-order valence-electron chi connectivity index (χ1n) is 8.05. The van der Waals surface area contributed by atoms with Gasteiger partial charge >= 0.3 is 5.76 Å². The molecule has 1 aliphatic heterocycles. The Kier molecular flexibility index (Phi) is 4.95. The number of halogens is 2. The second-order valence-electron chi connectivity index (χ2n) is 6.07. The minimum atomic E-state index is -4.69. The molecule has 0 aromatic heterocycles. The lowest BCUT2D eigenvalue weighted by Crippen LogP contribution is -2.32. The molecule has 0 fully saturated rings. The molecule has 2 aromatic rings. The van der Waals surface area contributed by atoms with E-state index in [0.717, 1.165) is 16.8 Å². The highest BCUT2D eigenvalue weighted by molar-refractivity contribution is 7.91. The van der Waals surface area contributed by atoms with E-state index in [2.05, 4.69) is 5.32 Å². The van der Waals surface area contributed by atoms with Crippen molar-refractivity contribution in [2.75, 3.05) is 16.8 Å². The van der Waals surface area contributed by atoms with Gasteiger partial charge in [0.25, 0.3) is 0 Å². The third-order valence-electron chi connectivity index (χ3n) is 4.32. The van der Waals surface area contributed by atoms with Crippen molar-refractivity contribution in [1.29, 1.82) is 0 Å². The van der Waals surface area contributed by atoms with Crippen molar-refractivity contribution in [3.63, 3.8) is 0 Å². The SMILES string of the molecule is CC(=O)Nc1cccc2c1CCN(c1ccccc1S(=O)(=O)C(F)F)C2. The number of benzene rings is 2. The number of carbonyl (C=O) groups excluding carboxylic acids is 1. The van der Waals surface area contributed by atoms with E-state index in [-0.39, 0.29) is 16.5 Å². The molecule has 0 saturated heterocycles. The normalized spacial score (nSPS) is 14.2. The van der Waals surface area contributed by atoms with E-state index in [1.165, 1.54) is 25.1 Å². The summed E-state index contributed by atoms with van der Waals surface area (Å²) in [7, 11) is -4.69. The summed E-state index contributed by atoms with van der Waals surface area (Å²) in [5.74, 6) is -3.64. The van der Waals surface area contributed by atoms with Gasteiger partial charge in [0, 0.05) is 25.7 Å². The van der Waals surface area contributed by atoms with Crippen molar-refractivity contribution in [1.82, 2.24) is 0 Å². The molecule has 0 saturated carbocycles. The Morgan fingerprint density at radius 3 is 2.58 bits per heavy atom. The molecule has 0 spiro atoms. The van der Waals surface area contributed by atoms with Crippen LogP contribution in [-0.2, 0) is 27.6 Å². The van der Waals surface area contributed by atoms with E-state index in [4.69, 9.17) is 0 Å². The molecular formula is C18H18F2N2O3S. The van der Waals surface area contributed by atoms with Crippen LogP contribution < -0.4 is 10.2 Å². The second kappa shape index (κ2) is 7.03. The number of amides is 1. The van der Waals surface area contributed by atoms with E-state index in [1.54, 1.807) is 17.0 Å². The number of alkyl halides is 2. The van der Waals surface area contributed by atoms with Gasteiger partial charge in [-0.2, -0.15) is 8.78 Å². The maximum absolute atomic E-state index is 13.0. The number of anilines is 2. The third kappa shape index (κ3) is 3.41. The lowest BCUT2D eigenvalue weighted by Gasteiger charge is -2.33. The monoisotopic (exact) mass is 380 g/mol. The first-order valence-corrected chi connectivity index (χ1v) is 9.59. The summed E-state index contributed by atoms with van der Waals surface area (Å²) in [5.41, 5.74) is 2.89. The molecule has 138 valence electrons. The minimum absolute atomic E-state index is 0.172. The highest BCUT2D eigenvalue weighted by Crippen LogP contribution is 2.34. The first-order chi connectivity index (χ1) is 12.3. The van der Waals surface area contributed by atoms with E-state index in [9.17, 15) is 22.0 Å². The standard InChI is InChI=1S/C18H18F2N2O3S/c1-12(23)21-15-6-4-5-13-11-22(10-9-14(13)15)16-7-2-3-8-17(16)26(24,25)18(19)20/h2-8,18H,9-11H2,1H3,(H,21,23). The van der Waals surface area contributed by atoms with Crippen molar-refractivity contribution in [3.8, 4) is 0 Å². The Labute approximate surface area is 150 Å². The molecule has 0 bridgehead atoms. The van der Waals surface area contributed by atoms with Gasteiger partial charge in [0.2, 0.25) is 15.7 Å². The predicted molar refractivity (Wildman–Crippen MR) is 95.1 cm³/mol. The number of carbonyl (C=O) groups is 1. The Hall–Kier alpha value is -2.48. The van der Waals surface area contributed by atoms with E-state index in [1.807, 2.05) is 12.1 Å². The number of hydrogen-bond donors (Lipinski definition) is 1. The molecular weight excluding hydrogens is 362 g/mol. The smallest absolute Gasteiger partial charge is 0.341 e. The number of sulfone groups is 1. The number of nitrogens with one attached hydrogen (secondary N) is 1. The van der Waals surface area contributed by atoms with Gasteiger partial charge in [-0.05, 0) is 35.7 Å². The average Bonchev–Trinajstić information content (AvgIpc) is 2.61. The minimum Gasteiger partial charge on any atom is -0.366 e. The van der Waals surface area contributed by atoms with Crippen LogP contribution in [0.5, 0.6) is 0 Å². The molecule has 26 heavy (non-hydrogen) atoms. The van der Waals surface area contributed by atoms with E-state index >= 15 is 0 Å². The molecule has 8 heteroatoms. The van der Waals surface area contributed by atoms with Crippen molar-refractivity contribution in [2.24, 2.45) is 0 Å². The van der Waals surface area contributed by atoms with Crippen molar-refractivity contribution in [3.05, 3.63) is 53.6 Å². The van der Waals surface area contributed by atoms with E-state index in [0.29, 0.717) is 19.5 Å².